The zero-order valence-corrected chi connectivity index (χ0v) is 15.9. The van der Waals surface area contributed by atoms with Gasteiger partial charge < -0.3 is 10.2 Å². The molecule has 0 unspecified atom stereocenters. The number of para-hydroxylation sites is 1. The predicted octanol–water partition coefficient (Wildman–Crippen LogP) is 3.80. The molecule has 0 saturated heterocycles. The average molecular weight is 362 g/mol. The molecule has 0 fully saturated rings. The maximum Gasteiger partial charge on any atom is 0.251 e. The lowest BCUT2D eigenvalue weighted by Crippen LogP contribution is -2.34. The van der Waals surface area contributed by atoms with E-state index < -0.39 is 0 Å². The number of carbonyl (C=O) groups excluding carboxylic acids is 1. The minimum atomic E-state index is -0.0315. The van der Waals surface area contributed by atoms with E-state index in [1.165, 1.54) is 0 Å². The lowest BCUT2D eigenvalue weighted by Gasteiger charge is -2.17. The van der Waals surface area contributed by atoms with E-state index in [1.54, 1.807) is 0 Å². The van der Waals surface area contributed by atoms with Gasteiger partial charge in [-0.1, -0.05) is 50.3 Å². The first-order valence-corrected chi connectivity index (χ1v) is 9.43. The van der Waals surface area contributed by atoms with Gasteiger partial charge in [-0.3, -0.25) is 9.89 Å². The van der Waals surface area contributed by atoms with Gasteiger partial charge in [0, 0.05) is 24.0 Å². The van der Waals surface area contributed by atoms with Crippen LogP contribution in [0.3, 0.4) is 0 Å². The molecule has 0 spiro atoms. The molecule has 5 nitrogen and oxygen atoms in total. The Morgan fingerprint density at radius 3 is 2.56 bits per heavy atom. The van der Waals surface area contributed by atoms with Gasteiger partial charge in [-0.25, -0.2) is 0 Å². The Balaban J connectivity index is 1.59. The smallest absolute Gasteiger partial charge is 0.251 e. The Morgan fingerprint density at radius 1 is 1.07 bits per heavy atom. The molecule has 1 amide bonds. The number of H-pyrrole nitrogens is 1. The molecule has 2 aromatic carbocycles. The maximum absolute atomic E-state index is 12.2. The fraction of sp³-hybridized carbons (Fsp3) is 0.273. The van der Waals surface area contributed by atoms with Gasteiger partial charge in [-0.15, -0.1) is 0 Å². The molecule has 0 bridgehead atoms. The summed E-state index contributed by atoms with van der Waals surface area (Å²) in [5.41, 5.74) is 3.64. The molecule has 0 aliphatic carbocycles. The summed E-state index contributed by atoms with van der Waals surface area (Å²) in [7, 11) is 0. The van der Waals surface area contributed by atoms with Crippen molar-refractivity contribution in [3.8, 4) is 0 Å². The summed E-state index contributed by atoms with van der Waals surface area (Å²) in [6, 6.07) is 15.7. The highest BCUT2D eigenvalue weighted by molar-refractivity contribution is 5.94. The molecule has 0 saturated carbocycles. The van der Waals surface area contributed by atoms with E-state index in [-0.39, 0.29) is 5.91 Å². The third kappa shape index (κ3) is 4.83. The zero-order valence-electron chi connectivity index (χ0n) is 15.9. The number of hydrogen-bond acceptors (Lipinski definition) is 3. The first-order chi connectivity index (χ1) is 13.2. The van der Waals surface area contributed by atoms with E-state index in [0.29, 0.717) is 12.1 Å². The number of nitrogens with zero attached hydrogens (tertiary/aromatic N) is 2. The van der Waals surface area contributed by atoms with Crippen LogP contribution >= 0.6 is 0 Å². The molecule has 140 valence electrons. The van der Waals surface area contributed by atoms with Crippen molar-refractivity contribution < 1.29 is 4.79 Å². The topological polar surface area (TPSA) is 61.0 Å². The fourth-order valence-electron chi connectivity index (χ4n) is 3.00. The molecule has 1 heterocycles. The fourth-order valence-corrected chi connectivity index (χ4v) is 3.00. The Morgan fingerprint density at radius 2 is 1.81 bits per heavy atom. The molecule has 0 radical (unpaired) electrons. The van der Waals surface area contributed by atoms with Crippen LogP contribution in [0.2, 0.25) is 0 Å². The van der Waals surface area contributed by atoms with E-state index in [9.17, 15) is 4.79 Å². The predicted molar refractivity (Wildman–Crippen MR) is 112 cm³/mol. The summed E-state index contributed by atoms with van der Waals surface area (Å²) in [6.45, 7) is 7.79. The highest BCUT2D eigenvalue weighted by atomic mass is 16.1. The number of amides is 1. The van der Waals surface area contributed by atoms with Crippen molar-refractivity contribution in [3.63, 3.8) is 0 Å². The highest BCUT2D eigenvalue weighted by Gasteiger charge is 2.06. The van der Waals surface area contributed by atoms with Gasteiger partial charge in [0.1, 0.15) is 0 Å². The number of carbonyl (C=O) groups is 1. The molecule has 3 aromatic rings. The summed E-state index contributed by atoms with van der Waals surface area (Å²) >= 11 is 0. The number of aromatic amines is 1. The van der Waals surface area contributed by atoms with Gasteiger partial charge in [0.25, 0.3) is 5.91 Å². The van der Waals surface area contributed by atoms with Gasteiger partial charge in [0.2, 0.25) is 0 Å². The molecular formula is C22H26N4O. The third-order valence-electron chi connectivity index (χ3n) is 4.71. The number of nitrogens with one attached hydrogen (secondary N) is 2. The lowest BCUT2D eigenvalue weighted by molar-refractivity contribution is 0.0949. The lowest BCUT2D eigenvalue weighted by atomic mass is 10.1. The van der Waals surface area contributed by atoms with Gasteiger partial charge in [0.15, 0.2) is 0 Å². The van der Waals surface area contributed by atoms with Gasteiger partial charge >= 0.3 is 0 Å². The quantitative estimate of drug-likeness (QED) is 0.641. The number of benzene rings is 2. The number of rotatable bonds is 8. The second kappa shape index (κ2) is 9.14. The number of aromatic nitrogens is 2. The summed E-state index contributed by atoms with van der Waals surface area (Å²) in [6.07, 6.45) is 3.99. The van der Waals surface area contributed by atoms with Crippen molar-refractivity contribution in [2.75, 3.05) is 26.2 Å². The second-order valence-electron chi connectivity index (χ2n) is 6.39. The first kappa shape index (κ1) is 18.9. The molecular weight excluding hydrogens is 336 g/mol. The molecule has 3 rings (SSSR count). The van der Waals surface area contributed by atoms with Crippen molar-refractivity contribution in [2.45, 2.75) is 13.8 Å². The normalized spacial score (nSPS) is 11.5. The van der Waals surface area contributed by atoms with E-state index in [4.69, 9.17) is 0 Å². The third-order valence-corrected chi connectivity index (χ3v) is 4.71. The standard InChI is InChI=1S/C22H26N4O/c1-3-26(4-2)16-15-23-22(27)18-12-9-17(10-13-18)11-14-21-19-7-5-6-8-20(19)24-25-21/h5-14H,3-4,15-16H2,1-2H3,(H,23,27)(H,24,25). The molecule has 1 aromatic heterocycles. The number of fused-ring (bicyclic) bond motifs is 1. The minimum absolute atomic E-state index is 0.0315. The van der Waals surface area contributed by atoms with E-state index in [2.05, 4.69) is 34.3 Å². The van der Waals surface area contributed by atoms with Crippen LogP contribution in [-0.4, -0.2) is 47.2 Å². The number of likely N-dealkylation sites (N-methyl/N-ethyl adjacent to an activating group) is 1. The van der Waals surface area contributed by atoms with Crippen molar-refractivity contribution in [2.24, 2.45) is 0 Å². The molecule has 27 heavy (non-hydrogen) atoms. The maximum atomic E-state index is 12.2. The summed E-state index contributed by atoms with van der Waals surface area (Å²) in [5.74, 6) is -0.0315. The molecule has 5 heteroatoms. The van der Waals surface area contributed by atoms with Crippen LogP contribution in [-0.2, 0) is 0 Å². The molecule has 0 atom stereocenters. The van der Waals surface area contributed by atoms with E-state index >= 15 is 0 Å². The Labute approximate surface area is 160 Å². The Hall–Kier alpha value is -2.92. The van der Waals surface area contributed by atoms with E-state index in [0.717, 1.165) is 41.8 Å². The van der Waals surface area contributed by atoms with Gasteiger partial charge in [0.05, 0.1) is 11.2 Å². The molecule has 0 aliphatic heterocycles. The van der Waals surface area contributed by atoms with Crippen LogP contribution in [0.25, 0.3) is 23.1 Å². The number of hydrogen-bond donors (Lipinski definition) is 2. The van der Waals surface area contributed by atoms with Gasteiger partial charge in [-0.05, 0) is 42.9 Å². The van der Waals surface area contributed by atoms with Gasteiger partial charge in [-0.2, -0.15) is 5.10 Å². The van der Waals surface area contributed by atoms with Crippen LogP contribution in [0, 0.1) is 0 Å². The average Bonchev–Trinajstić information content (AvgIpc) is 3.13. The minimum Gasteiger partial charge on any atom is -0.351 e. The van der Waals surface area contributed by atoms with Crippen LogP contribution in [0.4, 0.5) is 0 Å². The van der Waals surface area contributed by atoms with Crippen molar-refractivity contribution >= 4 is 29.0 Å². The first-order valence-electron chi connectivity index (χ1n) is 9.43. The summed E-state index contributed by atoms with van der Waals surface area (Å²) in [5, 5.41) is 11.4. The summed E-state index contributed by atoms with van der Waals surface area (Å²) in [4.78, 5) is 14.5. The molecule has 0 aliphatic rings. The monoisotopic (exact) mass is 362 g/mol. The van der Waals surface area contributed by atoms with Crippen molar-refractivity contribution in [1.82, 2.24) is 20.4 Å². The largest absolute Gasteiger partial charge is 0.351 e. The van der Waals surface area contributed by atoms with Crippen molar-refractivity contribution in [3.05, 3.63) is 65.4 Å². The summed E-state index contributed by atoms with van der Waals surface area (Å²) < 4.78 is 0. The Bertz CT molecular complexity index is 907. The van der Waals surface area contributed by atoms with E-state index in [1.807, 2.05) is 60.7 Å². The molecule has 2 N–H and O–H groups in total. The van der Waals surface area contributed by atoms with Crippen LogP contribution < -0.4 is 5.32 Å². The van der Waals surface area contributed by atoms with Crippen molar-refractivity contribution in [1.29, 1.82) is 0 Å². The van der Waals surface area contributed by atoms with Crippen LogP contribution in [0.15, 0.2) is 48.5 Å². The Kier molecular flexibility index (Phi) is 6.39. The zero-order chi connectivity index (χ0) is 19.1. The highest BCUT2D eigenvalue weighted by Crippen LogP contribution is 2.17. The van der Waals surface area contributed by atoms with Crippen LogP contribution in [0.5, 0.6) is 0 Å². The van der Waals surface area contributed by atoms with Crippen LogP contribution in [0.1, 0.15) is 35.5 Å². The SMILES string of the molecule is CCN(CC)CCNC(=O)c1ccc(C=Cc2n[nH]c3ccccc23)cc1. The second-order valence-corrected chi connectivity index (χ2v) is 6.39.